The first kappa shape index (κ1) is 12.6. The molecule has 0 radical (unpaired) electrons. The summed E-state index contributed by atoms with van der Waals surface area (Å²) in [6.45, 7) is 1.93. The van der Waals surface area contributed by atoms with E-state index in [1.807, 2.05) is 6.92 Å². The molecule has 0 aliphatic heterocycles. The molecule has 0 saturated carbocycles. The fourth-order valence-electron chi connectivity index (χ4n) is 2.42. The van der Waals surface area contributed by atoms with E-state index in [-0.39, 0.29) is 11.6 Å². The molecule has 0 amide bonds. The Hall–Kier alpha value is -2.42. The second-order valence-electron chi connectivity index (χ2n) is 4.58. The maximum Gasteiger partial charge on any atom is 0.197 e. The van der Waals surface area contributed by atoms with Gasteiger partial charge in [-0.1, -0.05) is 31.2 Å². The Morgan fingerprint density at radius 3 is 2.55 bits per heavy atom. The van der Waals surface area contributed by atoms with Gasteiger partial charge in [-0.2, -0.15) is 0 Å². The molecule has 0 unspecified atom stereocenters. The van der Waals surface area contributed by atoms with Gasteiger partial charge in [0.15, 0.2) is 5.78 Å². The third kappa shape index (κ3) is 1.92. The highest BCUT2D eigenvalue weighted by Crippen LogP contribution is 2.25. The van der Waals surface area contributed by atoms with Crippen molar-refractivity contribution in [3.05, 3.63) is 71.4 Å². The van der Waals surface area contributed by atoms with Crippen molar-refractivity contribution in [3.63, 3.8) is 0 Å². The van der Waals surface area contributed by atoms with E-state index in [1.54, 1.807) is 30.3 Å². The summed E-state index contributed by atoms with van der Waals surface area (Å²) in [7, 11) is 0. The molecule has 0 spiro atoms. The third-order valence-electron chi connectivity index (χ3n) is 3.43. The van der Waals surface area contributed by atoms with Gasteiger partial charge in [0.1, 0.15) is 11.6 Å². The van der Waals surface area contributed by atoms with Crippen molar-refractivity contribution in [2.75, 3.05) is 0 Å². The molecule has 0 aliphatic carbocycles. The molecule has 0 saturated heterocycles. The molecule has 2 aromatic carbocycles. The van der Waals surface area contributed by atoms with E-state index >= 15 is 0 Å². The molecule has 0 atom stereocenters. The average Bonchev–Trinajstić information content (AvgIpc) is 2.96. The zero-order valence-corrected chi connectivity index (χ0v) is 11.0. The van der Waals surface area contributed by atoms with Crippen LogP contribution in [0, 0.1) is 5.82 Å². The van der Waals surface area contributed by atoms with Gasteiger partial charge in [-0.15, -0.1) is 0 Å². The van der Waals surface area contributed by atoms with Gasteiger partial charge in [0, 0.05) is 17.4 Å². The highest BCUT2D eigenvalue weighted by molar-refractivity contribution is 6.16. The molecule has 0 bridgehead atoms. The molecule has 1 heterocycles. The first-order chi connectivity index (χ1) is 9.72. The maximum absolute atomic E-state index is 13.8. The van der Waals surface area contributed by atoms with Crippen LogP contribution in [0.3, 0.4) is 0 Å². The van der Waals surface area contributed by atoms with Crippen LogP contribution in [-0.2, 0) is 6.42 Å². The standard InChI is InChI=1S/C17H13FO2/c1-2-16-14(9-10-20-16)17(19)13-7-8-15(18)12-6-4-3-5-11(12)13/h3-10H,2H2,1H3. The highest BCUT2D eigenvalue weighted by Gasteiger charge is 2.18. The normalized spacial score (nSPS) is 10.9. The molecule has 3 heteroatoms. The largest absolute Gasteiger partial charge is 0.469 e. The topological polar surface area (TPSA) is 30.2 Å². The van der Waals surface area contributed by atoms with Gasteiger partial charge in [-0.25, -0.2) is 4.39 Å². The van der Waals surface area contributed by atoms with Gasteiger partial charge in [-0.3, -0.25) is 4.79 Å². The van der Waals surface area contributed by atoms with Crippen LogP contribution < -0.4 is 0 Å². The highest BCUT2D eigenvalue weighted by atomic mass is 19.1. The summed E-state index contributed by atoms with van der Waals surface area (Å²) in [4.78, 5) is 12.6. The van der Waals surface area contributed by atoms with E-state index in [0.717, 1.165) is 0 Å². The van der Waals surface area contributed by atoms with Crippen molar-refractivity contribution in [2.24, 2.45) is 0 Å². The maximum atomic E-state index is 13.8. The second kappa shape index (κ2) is 4.93. The minimum absolute atomic E-state index is 0.133. The molecule has 3 aromatic rings. The molecule has 3 rings (SSSR count). The number of rotatable bonds is 3. The summed E-state index contributed by atoms with van der Waals surface area (Å²) in [5.41, 5.74) is 1.04. The van der Waals surface area contributed by atoms with Crippen LogP contribution in [0.15, 0.2) is 53.1 Å². The second-order valence-corrected chi connectivity index (χ2v) is 4.58. The van der Waals surface area contributed by atoms with Gasteiger partial charge >= 0.3 is 0 Å². The summed E-state index contributed by atoms with van der Waals surface area (Å²) >= 11 is 0. The van der Waals surface area contributed by atoms with Crippen LogP contribution in [0.4, 0.5) is 4.39 Å². The van der Waals surface area contributed by atoms with Crippen molar-refractivity contribution in [3.8, 4) is 0 Å². The number of benzene rings is 2. The van der Waals surface area contributed by atoms with E-state index in [0.29, 0.717) is 34.1 Å². The van der Waals surface area contributed by atoms with Crippen LogP contribution in [-0.4, -0.2) is 5.78 Å². The smallest absolute Gasteiger partial charge is 0.197 e. The fourth-order valence-corrected chi connectivity index (χ4v) is 2.42. The number of hydrogen-bond acceptors (Lipinski definition) is 2. The van der Waals surface area contributed by atoms with Crippen LogP contribution >= 0.6 is 0 Å². The van der Waals surface area contributed by atoms with E-state index in [2.05, 4.69) is 0 Å². The van der Waals surface area contributed by atoms with E-state index < -0.39 is 0 Å². The van der Waals surface area contributed by atoms with Crippen molar-refractivity contribution < 1.29 is 13.6 Å². The van der Waals surface area contributed by atoms with Crippen molar-refractivity contribution in [1.29, 1.82) is 0 Å². The van der Waals surface area contributed by atoms with Gasteiger partial charge in [0.25, 0.3) is 0 Å². The van der Waals surface area contributed by atoms with Crippen LogP contribution in [0.5, 0.6) is 0 Å². The Kier molecular flexibility index (Phi) is 3.11. The minimum Gasteiger partial charge on any atom is -0.469 e. The number of furan rings is 1. The Bertz CT molecular complexity index is 787. The first-order valence-corrected chi connectivity index (χ1v) is 6.50. The Balaban J connectivity index is 2.20. The lowest BCUT2D eigenvalue weighted by Crippen LogP contribution is -2.04. The van der Waals surface area contributed by atoms with E-state index in [9.17, 15) is 9.18 Å². The Labute approximate surface area is 115 Å². The first-order valence-electron chi connectivity index (χ1n) is 6.50. The predicted molar refractivity (Wildman–Crippen MR) is 75.4 cm³/mol. The van der Waals surface area contributed by atoms with Crippen molar-refractivity contribution in [2.45, 2.75) is 13.3 Å². The molecule has 2 nitrogen and oxygen atoms in total. The summed E-state index contributed by atoms with van der Waals surface area (Å²) < 4.78 is 19.1. The van der Waals surface area contributed by atoms with Gasteiger partial charge in [0.2, 0.25) is 0 Å². The molecule has 20 heavy (non-hydrogen) atoms. The Morgan fingerprint density at radius 1 is 1.05 bits per heavy atom. The molecule has 0 N–H and O–H groups in total. The van der Waals surface area contributed by atoms with E-state index in [1.165, 1.54) is 18.4 Å². The summed E-state index contributed by atoms with van der Waals surface area (Å²) in [5.74, 6) is 0.204. The summed E-state index contributed by atoms with van der Waals surface area (Å²) in [6, 6.07) is 11.5. The number of aryl methyl sites for hydroxylation is 1. The number of halogens is 1. The molecular formula is C17H13FO2. The van der Waals surface area contributed by atoms with Crippen molar-refractivity contribution in [1.82, 2.24) is 0 Å². The molecule has 0 fully saturated rings. The number of carbonyl (C=O) groups is 1. The van der Waals surface area contributed by atoms with Crippen LogP contribution in [0.25, 0.3) is 10.8 Å². The predicted octanol–water partition coefficient (Wildman–Crippen LogP) is 4.37. The number of ketones is 1. The quantitative estimate of drug-likeness (QED) is 0.660. The lowest BCUT2D eigenvalue weighted by atomic mass is 9.97. The molecule has 1 aromatic heterocycles. The molecule has 100 valence electrons. The van der Waals surface area contributed by atoms with Crippen LogP contribution in [0.2, 0.25) is 0 Å². The average molecular weight is 268 g/mol. The molecule has 0 aliphatic rings. The monoisotopic (exact) mass is 268 g/mol. The number of fused-ring (bicyclic) bond motifs is 1. The lowest BCUT2D eigenvalue weighted by Gasteiger charge is -2.06. The Morgan fingerprint density at radius 2 is 1.80 bits per heavy atom. The SMILES string of the molecule is CCc1occc1C(=O)c1ccc(F)c2ccccc12. The zero-order chi connectivity index (χ0) is 14.1. The minimum atomic E-state index is -0.319. The number of hydrogen-bond donors (Lipinski definition) is 0. The zero-order valence-electron chi connectivity index (χ0n) is 11.0. The third-order valence-corrected chi connectivity index (χ3v) is 3.43. The van der Waals surface area contributed by atoms with Crippen molar-refractivity contribution >= 4 is 16.6 Å². The fraction of sp³-hybridized carbons (Fsp3) is 0.118. The van der Waals surface area contributed by atoms with Gasteiger partial charge in [0.05, 0.1) is 11.8 Å². The molecular weight excluding hydrogens is 255 g/mol. The van der Waals surface area contributed by atoms with Crippen LogP contribution in [0.1, 0.15) is 28.6 Å². The number of carbonyl (C=O) groups excluding carboxylic acids is 1. The lowest BCUT2D eigenvalue weighted by molar-refractivity contribution is 0.103. The van der Waals surface area contributed by atoms with Gasteiger partial charge in [-0.05, 0) is 23.6 Å². The summed E-state index contributed by atoms with van der Waals surface area (Å²) in [5, 5.41) is 1.08. The van der Waals surface area contributed by atoms with Gasteiger partial charge < -0.3 is 4.42 Å². The van der Waals surface area contributed by atoms with E-state index in [4.69, 9.17) is 4.42 Å². The summed E-state index contributed by atoms with van der Waals surface area (Å²) in [6.07, 6.45) is 2.16.